The summed E-state index contributed by atoms with van der Waals surface area (Å²) in [5.41, 5.74) is 0. The van der Waals surface area contributed by atoms with Crippen LogP contribution in [0.4, 0.5) is 0 Å². The van der Waals surface area contributed by atoms with E-state index in [1.165, 1.54) is 6.08 Å². The van der Waals surface area contributed by atoms with Crippen LogP contribution in [-0.4, -0.2) is 49.4 Å². The molecule has 0 aliphatic carbocycles. The highest BCUT2D eigenvalue weighted by Crippen LogP contribution is 1.87. The van der Waals surface area contributed by atoms with E-state index in [2.05, 4.69) is 18.4 Å². The van der Waals surface area contributed by atoms with Gasteiger partial charge >= 0.3 is 0 Å². The number of nitrogens with zero attached hydrogens (tertiary/aromatic N) is 2. The lowest BCUT2D eigenvalue weighted by molar-refractivity contribution is -0.124. The second-order valence-electron chi connectivity index (χ2n) is 2.86. The summed E-state index contributed by atoms with van der Waals surface area (Å²) in [6, 6.07) is 0. The minimum atomic E-state index is -0.0143. The minimum absolute atomic E-state index is 0.0143. The maximum Gasteiger partial charge on any atom is 0.245 e. The van der Waals surface area contributed by atoms with Crippen molar-refractivity contribution in [2.45, 2.75) is 6.92 Å². The Kier molecular flexibility index (Phi) is 5.37. The fraction of sp³-hybridized carbons (Fsp3) is 0.667. The zero-order valence-corrected chi connectivity index (χ0v) is 8.21. The summed E-state index contributed by atoms with van der Waals surface area (Å²) in [6.07, 6.45) is 1.34. The highest BCUT2D eigenvalue weighted by Gasteiger charge is 2.03. The first kappa shape index (κ1) is 11.2. The fourth-order valence-electron chi connectivity index (χ4n) is 0.745. The quantitative estimate of drug-likeness (QED) is 0.564. The van der Waals surface area contributed by atoms with Gasteiger partial charge in [0, 0.05) is 20.1 Å². The van der Waals surface area contributed by atoms with Gasteiger partial charge in [-0.25, -0.2) is 0 Å². The van der Waals surface area contributed by atoms with E-state index in [0.717, 1.165) is 19.6 Å². The van der Waals surface area contributed by atoms with Gasteiger partial charge in [0.15, 0.2) is 0 Å². The minimum Gasteiger partial charge on any atom is -0.341 e. The molecular formula is C9H18N2O. The number of carbonyl (C=O) groups is 1. The Morgan fingerprint density at radius 3 is 2.42 bits per heavy atom. The Hall–Kier alpha value is -0.830. The van der Waals surface area contributed by atoms with Gasteiger partial charge in [0.05, 0.1) is 0 Å². The normalized spacial score (nSPS) is 10.0. The third-order valence-electron chi connectivity index (χ3n) is 1.91. The topological polar surface area (TPSA) is 23.6 Å². The zero-order chi connectivity index (χ0) is 9.56. The van der Waals surface area contributed by atoms with Crippen LogP contribution >= 0.6 is 0 Å². The van der Waals surface area contributed by atoms with E-state index in [4.69, 9.17) is 0 Å². The molecule has 0 aromatic carbocycles. The summed E-state index contributed by atoms with van der Waals surface area (Å²) in [5.74, 6) is -0.0143. The van der Waals surface area contributed by atoms with E-state index in [1.807, 2.05) is 7.05 Å². The smallest absolute Gasteiger partial charge is 0.245 e. The first-order chi connectivity index (χ1) is 5.61. The van der Waals surface area contributed by atoms with Gasteiger partial charge in [-0.05, 0) is 19.7 Å². The number of hydrogen-bond donors (Lipinski definition) is 0. The second kappa shape index (κ2) is 5.77. The van der Waals surface area contributed by atoms with Crippen molar-refractivity contribution in [3.05, 3.63) is 12.7 Å². The van der Waals surface area contributed by atoms with E-state index in [0.29, 0.717) is 0 Å². The number of rotatable bonds is 5. The second-order valence-corrected chi connectivity index (χ2v) is 2.86. The highest BCUT2D eigenvalue weighted by atomic mass is 16.2. The van der Waals surface area contributed by atoms with Crippen molar-refractivity contribution >= 4 is 5.91 Å². The Labute approximate surface area is 74.7 Å². The SMILES string of the molecule is C=CC(=O)N(C)CCN(C)CC. The monoisotopic (exact) mass is 170 g/mol. The summed E-state index contributed by atoms with van der Waals surface area (Å²) in [4.78, 5) is 14.8. The average Bonchev–Trinajstić information content (AvgIpc) is 2.11. The summed E-state index contributed by atoms with van der Waals surface area (Å²) in [6.45, 7) is 8.20. The molecule has 0 fully saturated rings. The maximum atomic E-state index is 11.0. The highest BCUT2D eigenvalue weighted by molar-refractivity contribution is 5.86. The van der Waals surface area contributed by atoms with Crippen molar-refractivity contribution in [1.29, 1.82) is 0 Å². The predicted octanol–water partition coefficient (Wildman–Crippen LogP) is 0.583. The molecule has 0 atom stereocenters. The number of amides is 1. The molecule has 0 unspecified atom stereocenters. The maximum absolute atomic E-state index is 11.0. The largest absolute Gasteiger partial charge is 0.341 e. The zero-order valence-electron chi connectivity index (χ0n) is 8.21. The number of carbonyl (C=O) groups excluding carboxylic acids is 1. The Bertz CT molecular complexity index is 157. The van der Waals surface area contributed by atoms with Crippen LogP contribution in [0.15, 0.2) is 12.7 Å². The van der Waals surface area contributed by atoms with Crippen molar-refractivity contribution < 1.29 is 4.79 Å². The lowest BCUT2D eigenvalue weighted by Crippen LogP contribution is -2.33. The van der Waals surface area contributed by atoms with Crippen LogP contribution < -0.4 is 0 Å². The molecule has 0 N–H and O–H groups in total. The standard InChI is InChI=1S/C9H18N2O/c1-5-9(12)11(4)8-7-10(3)6-2/h5H,1,6-8H2,2-4H3. The van der Waals surface area contributed by atoms with Crippen molar-refractivity contribution in [3.63, 3.8) is 0 Å². The molecule has 0 spiro atoms. The molecule has 0 heterocycles. The van der Waals surface area contributed by atoms with Gasteiger partial charge in [0.25, 0.3) is 0 Å². The Balaban J connectivity index is 3.63. The number of hydrogen-bond acceptors (Lipinski definition) is 2. The third-order valence-corrected chi connectivity index (χ3v) is 1.91. The molecular weight excluding hydrogens is 152 g/mol. The molecule has 0 bridgehead atoms. The van der Waals surface area contributed by atoms with E-state index >= 15 is 0 Å². The molecule has 0 radical (unpaired) electrons. The first-order valence-electron chi connectivity index (χ1n) is 4.17. The molecule has 70 valence electrons. The average molecular weight is 170 g/mol. The Morgan fingerprint density at radius 2 is 2.00 bits per heavy atom. The molecule has 0 aromatic heterocycles. The van der Waals surface area contributed by atoms with Crippen molar-refractivity contribution in [3.8, 4) is 0 Å². The molecule has 0 aliphatic rings. The van der Waals surface area contributed by atoms with Crippen LogP contribution in [0.2, 0.25) is 0 Å². The lowest BCUT2D eigenvalue weighted by Gasteiger charge is -2.19. The van der Waals surface area contributed by atoms with Crippen LogP contribution in [0.1, 0.15) is 6.92 Å². The molecule has 3 nitrogen and oxygen atoms in total. The Morgan fingerprint density at radius 1 is 1.42 bits per heavy atom. The summed E-state index contributed by atoms with van der Waals surface area (Å²) in [7, 11) is 3.82. The molecule has 0 rings (SSSR count). The van der Waals surface area contributed by atoms with Crippen LogP contribution in [0, 0.1) is 0 Å². The molecule has 1 amide bonds. The van der Waals surface area contributed by atoms with Crippen molar-refractivity contribution in [2.24, 2.45) is 0 Å². The molecule has 0 aliphatic heterocycles. The predicted molar refractivity (Wildman–Crippen MR) is 51.0 cm³/mol. The van der Waals surface area contributed by atoms with E-state index in [1.54, 1.807) is 11.9 Å². The van der Waals surface area contributed by atoms with E-state index < -0.39 is 0 Å². The van der Waals surface area contributed by atoms with Gasteiger partial charge in [-0.15, -0.1) is 0 Å². The van der Waals surface area contributed by atoms with Crippen LogP contribution in [-0.2, 0) is 4.79 Å². The van der Waals surface area contributed by atoms with E-state index in [-0.39, 0.29) is 5.91 Å². The van der Waals surface area contributed by atoms with E-state index in [9.17, 15) is 4.79 Å². The van der Waals surface area contributed by atoms with Crippen molar-refractivity contribution in [1.82, 2.24) is 9.80 Å². The first-order valence-corrected chi connectivity index (χ1v) is 4.17. The van der Waals surface area contributed by atoms with Crippen molar-refractivity contribution in [2.75, 3.05) is 33.7 Å². The lowest BCUT2D eigenvalue weighted by atomic mass is 10.4. The van der Waals surface area contributed by atoms with Crippen LogP contribution in [0.25, 0.3) is 0 Å². The molecule has 12 heavy (non-hydrogen) atoms. The molecule has 0 saturated carbocycles. The molecule has 0 saturated heterocycles. The van der Waals surface area contributed by atoms with Gasteiger partial charge in [-0.2, -0.15) is 0 Å². The van der Waals surface area contributed by atoms with Gasteiger partial charge in [0.2, 0.25) is 5.91 Å². The summed E-state index contributed by atoms with van der Waals surface area (Å²) in [5, 5.41) is 0. The van der Waals surface area contributed by atoms with Gasteiger partial charge in [0.1, 0.15) is 0 Å². The third kappa shape index (κ3) is 4.13. The van der Waals surface area contributed by atoms with Crippen LogP contribution in [0.5, 0.6) is 0 Å². The number of likely N-dealkylation sites (N-methyl/N-ethyl adjacent to an activating group) is 2. The van der Waals surface area contributed by atoms with Gasteiger partial charge < -0.3 is 9.80 Å². The molecule has 3 heteroatoms. The fourth-order valence-corrected chi connectivity index (χ4v) is 0.745. The van der Waals surface area contributed by atoms with Gasteiger partial charge in [-0.1, -0.05) is 13.5 Å². The summed E-state index contributed by atoms with van der Waals surface area (Å²) < 4.78 is 0. The van der Waals surface area contributed by atoms with Crippen LogP contribution in [0.3, 0.4) is 0 Å². The van der Waals surface area contributed by atoms with Gasteiger partial charge in [-0.3, -0.25) is 4.79 Å². The summed E-state index contributed by atoms with van der Waals surface area (Å²) >= 11 is 0. The molecule has 0 aromatic rings.